The number of hydrogen-bond donors (Lipinski definition) is 0. The van der Waals surface area contributed by atoms with Gasteiger partial charge < -0.3 is 18.6 Å². The van der Waals surface area contributed by atoms with E-state index in [0.29, 0.717) is 0 Å². The number of hydrogen-bond acceptors (Lipinski definition) is 4. The summed E-state index contributed by atoms with van der Waals surface area (Å²) in [6, 6.07) is 120. The Kier molecular flexibility index (Phi) is 11.1. The summed E-state index contributed by atoms with van der Waals surface area (Å²) < 4.78 is 13.6. The van der Waals surface area contributed by atoms with E-state index in [9.17, 15) is 0 Å². The maximum atomic E-state index is 6.82. The van der Waals surface area contributed by atoms with Crippen molar-refractivity contribution in [2.45, 2.75) is 10.8 Å². The molecule has 4 nitrogen and oxygen atoms in total. The molecule has 2 heterocycles. The Balaban J connectivity index is 0.750. The van der Waals surface area contributed by atoms with E-state index < -0.39 is 10.8 Å². The van der Waals surface area contributed by atoms with E-state index in [0.717, 1.165) is 88.8 Å². The van der Waals surface area contributed by atoms with Gasteiger partial charge in [-0.25, -0.2) is 0 Å². The first-order valence-corrected chi connectivity index (χ1v) is 30.3. The van der Waals surface area contributed by atoms with Gasteiger partial charge in [-0.2, -0.15) is 0 Å². The minimum Gasteiger partial charge on any atom is -0.456 e. The molecule has 16 aromatic rings. The lowest BCUT2D eigenvalue weighted by Gasteiger charge is -2.35. The van der Waals surface area contributed by atoms with Crippen LogP contribution in [0.3, 0.4) is 0 Å². The molecule has 14 aromatic carbocycles. The monoisotopic (exact) mass is 1120 g/mol. The molecule has 0 unspecified atom stereocenters. The second-order valence-electron chi connectivity index (χ2n) is 23.5. The van der Waals surface area contributed by atoms with Gasteiger partial charge in [0.2, 0.25) is 0 Å². The van der Waals surface area contributed by atoms with Crippen LogP contribution in [-0.2, 0) is 10.8 Å². The Morgan fingerprint density at radius 3 is 0.875 bits per heavy atom. The Hall–Kier alpha value is -11.5. The molecule has 0 N–H and O–H groups in total. The van der Waals surface area contributed by atoms with Crippen molar-refractivity contribution >= 4 is 88.8 Å². The molecule has 2 aliphatic carbocycles. The fraction of sp³-hybridized carbons (Fsp3) is 0.0238. The van der Waals surface area contributed by atoms with E-state index in [1.165, 1.54) is 66.8 Å². The molecule has 88 heavy (non-hydrogen) atoms. The molecule has 0 fully saturated rings. The Labute approximate surface area is 509 Å². The summed E-state index contributed by atoms with van der Waals surface area (Å²) in [4.78, 5) is 4.76. The van der Waals surface area contributed by atoms with E-state index in [-0.39, 0.29) is 0 Å². The highest BCUT2D eigenvalue weighted by molar-refractivity contribution is 6.16. The van der Waals surface area contributed by atoms with Gasteiger partial charge in [0.15, 0.2) is 0 Å². The SMILES string of the molecule is c1ccc(N(c2cccc(C3(c4ccccc4)c4ccccc4-c4ccccc43)c2)c2ccc3oc4cc5cc6c(cc5cc4c3c2)oc2ccc(N(c3ccccc3)c3cccc(C4(c5ccccc5)c5ccccc5-c5ccccc54)c3)cc26)cc1. The molecule has 2 aliphatic rings. The van der Waals surface area contributed by atoms with Crippen molar-refractivity contribution in [3.8, 4) is 22.3 Å². The van der Waals surface area contributed by atoms with Crippen LogP contribution in [0.4, 0.5) is 34.1 Å². The average molecular weight is 1120 g/mol. The molecule has 0 bridgehead atoms. The Bertz CT molecular complexity index is 4980. The number of anilines is 6. The third kappa shape index (κ3) is 7.33. The summed E-state index contributed by atoms with van der Waals surface area (Å²) in [6.07, 6.45) is 0. The van der Waals surface area contributed by atoms with E-state index in [2.05, 4.69) is 337 Å². The van der Waals surface area contributed by atoms with Crippen LogP contribution in [0.2, 0.25) is 0 Å². The number of furan rings is 2. The number of fused-ring (bicyclic) bond motifs is 13. The molecule has 0 amide bonds. The third-order valence-corrected chi connectivity index (χ3v) is 18.9. The normalized spacial score (nSPS) is 13.4. The van der Waals surface area contributed by atoms with Crippen LogP contribution in [0.1, 0.15) is 44.5 Å². The smallest absolute Gasteiger partial charge is 0.136 e. The molecule has 412 valence electrons. The third-order valence-electron chi connectivity index (χ3n) is 18.9. The van der Waals surface area contributed by atoms with Crippen molar-refractivity contribution < 1.29 is 8.83 Å². The molecule has 0 spiro atoms. The van der Waals surface area contributed by atoms with Crippen LogP contribution >= 0.6 is 0 Å². The van der Waals surface area contributed by atoms with Gasteiger partial charge in [-0.05, 0) is 187 Å². The Morgan fingerprint density at radius 2 is 0.500 bits per heavy atom. The summed E-state index contributed by atoms with van der Waals surface area (Å²) in [5.74, 6) is 0. The molecular formula is C84H54N2O2. The second-order valence-corrected chi connectivity index (χ2v) is 23.5. The highest BCUT2D eigenvalue weighted by Crippen LogP contribution is 2.59. The highest BCUT2D eigenvalue weighted by Gasteiger charge is 2.47. The zero-order valence-electron chi connectivity index (χ0n) is 47.9. The number of benzene rings is 14. The van der Waals surface area contributed by atoms with Crippen molar-refractivity contribution in [2.24, 2.45) is 0 Å². The van der Waals surface area contributed by atoms with Gasteiger partial charge in [0, 0.05) is 55.7 Å². The molecule has 4 heteroatoms. The largest absolute Gasteiger partial charge is 0.456 e. The van der Waals surface area contributed by atoms with Crippen LogP contribution in [0.5, 0.6) is 0 Å². The van der Waals surface area contributed by atoms with Crippen molar-refractivity contribution in [3.05, 3.63) is 372 Å². The van der Waals surface area contributed by atoms with Crippen LogP contribution in [-0.4, -0.2) is 0 Å². The minimum absolute atomic E-state index is 0.536. The van der Waals surface area contributed by atoms with Gasteiger partial charge in [-0.1, -0.05) is 218 Å². The molecule has 0 saturated carbocycles. The molecule has 0 atom stereocenters. The van der Waals surface area contributed by atoms with Crippen molar-refractivity contribution in [2.75, 3.05) is 9.80 Å². The van der Waals surface area contributed by atoms with Crippen molar-refractivity contribution in [3.63, 3.8) is 0 Å². The topological polar surface area (TPSA) is 32.8 Å². The summed E-state index contributed by atoms with van der Waals surface area (Å²) in [5, 5.41) is 6.33. The van der Waals surface area contributed by atoms with E-state index >= 15 is 0 Å². The maximum absolute atomic E-state index is 6.82. The first-order valence-electron chi connectivity index (χ1n) is 30.3. The van der Waals surface area contributed by atoms with Crippen molar-refractivity contribution in [1.82, 2.24) is 0 Å². The lowest BCUT2D eigenvalue weighted by atomic mass is 9.67. The summed E-state index contributed by atoms with van der Waals surface area (Å²) >= 11 is 0. The van der Waals surface area contributed by atoms with Gasteiger partial charge in [0.1, 0.15) is 22.3 Å². The van der Waals surface area contributed by atoms with Gasteiger partial charge in [0.05, 0.1) is 10.8 Å². The highest BCUT2D eigenvalue weighted by atomic mass is 16.3. The second kappa shape index (κ2) is 19.5. The zero-order chi connectivity index (χ0) is 57.9. The quantitative estimate of drug-likeness (QED) is 0.137. The summed E-state index contributed by atoms with van der Waals surface area (Å²) in [5.41, 5.74) is 23.7. The fourth-order valence-electron chi connectivity index (χ4n) is 15.3. The van der Waals surface area contributed by atoms with Crippen LogP contribution in [0.25, 0.3) is 76.9 Å². The standard InChI is InChI=1S/C84H54N2O2/c1-5-23-57(24-6-1)83(75-39-17-13-35-67(75)68-36-14-18-40-76(68)83)59-27-21-33-63(51-59)85(61-29-9-3-10-30-61)65-43-45-79-73(53-65)71-47-55-50-82-72(48-56(55)49-81(71)87-79)74-54-66(44-46-80(74)88-82)86(62-31-11-4-12-32-62)64-34-22-28-60(52-64)84(58-25-7-2-8-26-58)77-41-19-15-37-69(77)70-38-16-20-42-78(70)84/h1-54H. The van der Waals surface area contributed by atoms with Crippen LogP contribution in [0, 0.1) is 0 Å². The van der Waals surface area contributed by atoms with Crippen LogP contribution in [0.15, 0.2) is 336 Å². The predicted octanol–water partition coefficient (Wildman–Crippen LogP) is 22.3. The van der Waals surface area contributed by atoms with Gasteiger partial charge in [0.25, 0.3) is 0 Å². The number of nitrogens with zero attached hydrogens (tertiary/aromatic N) is 2. The van der Waals surface area contributed by atoms with E-state index in [1.54, 1.807) is 0 Å². The summed E-state index contributed by atoms with van der Waals surface area (Å²) in [7, 11) is 0. The van der Waals surface area contributed by atoms with E-state index in [1.807, 2.05) is 0 Å². The van der Waals surface area contributed by atoms with E-state index in [4.69, 9.17) is 8.83 Å². The molecule has 0 saturated heterocycles. The lowest BCUT2D eigenvalue weighted by Crippen LogP contribution is -2.28. The lowest BCUT2D eigenvalue weighted by molar-refractivity contribution is 0.668. The molecule has 18 rings (SSSR count). The fourth-order valence-corrected chi connectivity index (χ4v) is 15.3. The predicted molar refractivity (Wildman–Crippen MR) is 362 cm³/mol. The number of para-hydroxylation sites is 2. The maximum Gasteiger partial charge on any atom is 0.136 e. The molecular weight excluding hydrogens is 1070 g/mol. The average Bonchev–Trinajstić information content (AvgIpc) is 1.55. The molecule has 2 aromatic heterocycles. The first-order chi connectivity index (χ1) is 43.6. The van der Waals surface area contributed by atoms with Crippen LogP contribution < -0.4 is 9.80 Å². The zero-order valence-corrected chi connectivity index (χ0v) is 47.9. The van der Waals surface area contributed by atoms with Crippen molar-refractivity contribution in [1.29, 1.82) is 0 Å². The van der Waals surface area contributed by atoms with Gasteiger partial charge in [-0.3, -0.25) is 0 Å². The minimum atomic E-state index is -0.536. The van der Waals surface area contributed by atoms with Gasteiger partial charge >= 0.3 is 0 Å². The molecule has 0 aliphatic heterocycles. The summed E-state index contributed by atoms with van der Waals surface area (Å²) in [6.45, 7) is 0. The molecule has 0 radical (unpaired) electrons. The number of rotatable bonds is 10. The first kappa shape index (κ1) is 49.9. The Morgan fingerprint density at radius 1 is 0.205 bits per heavy atom. The van der Waals surface area contributed by atoms with Gasteiger partial charge in [-0.15, -0.1) is 0 Å².